The molecule has 0 saturated carbocycles. The number of piperidine rings is 1. The van der Waals surface area contributed by atoms with Crippen molar-refractivity contribution in [3.05, 3.63) is 35.4 Å². The Morgan fingerprint density at radius 3 is 2.33 bits per heavy atom. The van der Waals surface area contributed by atoms with Crippen LogP contribution in [0.25, 0.3) is 0 Å². The lowest BCUT2D eigenvalue weighted by molar-refractivity contribution is 0.0473. The maximum absolute atomic E-state index is 12.1. The maximum Gasteiger partial charge on any atom is 0.335 e. The lowest BCUT2D eigenvalue weighted by Crippen LogP contribution is -2.42. The molecule has 1 aliphatic rings. The van der Waals surface area contributed by atoms with Gasteiger partial charge in [0.15, 0.2) is 0 Å². The molecular formula is C13H15NO4. The molecule has 1 saturated heterocycles. The zero-order valence-corrected chi connectivity index (χ0v) is 9.87. The summed E-state index contributed by atoms with van der Waals surface area (Å²) in [5.41, 5.74) is 0.610. The van der Waals surface area contributed by atoms with Crippen LogP contribution < -0.4 is 0 Å². The van der Waals surface area contributed by atoms with E-state index >= 15 is 0 Å². The zero-order chi connectivity index (χ0) is 13.1. The SMILES string of the molecule is O=C(O)c1ccc(C(=O)N2CCCC(O)C2)cc1. The van der Waals surface area contributed by atoms with E-state index in [0.29, 0.717) is 18.7 Å². The van der Waals surface area contributed by atoms with E-state index in [9.17, 15) is 14.7 Å². The zero-order valence-electron chi connectivity index (χ0n) is 9.87. The number of aliphatic hydroxyl groups excluding tert-OH is 1. The van der Waals surface area contributed by atoms with Crippen LogP contribution in [0.5, 0.6) is 0 Å². The van der Waals surface area contributed by atoms with E-state index < -0.39 is 12.1 Å². The number of nitrogens with zero attached hydrogens (tertiary/aromatic N) is 1. The van der Waals surface area contributed by atoms with E-state index in [1.807, 2.05) is 0 Å². The van der Waals surface area contributed by atoms with Crippen LogP contribution in [0, 0.1) is 0 Å². The predicted molar refractivity (Wildman–Crippen MR) is 64.5 cm³/mol. The van der Waals surface area contributed by atoms with Crippen molar-refractivity contribution in [2.75, 3.05) is 13.1 Å². The molecule has 1 heterocycles. The van der Waals surface area contributed by atoms with Gasteiger partial charge in [0, 0.05) is 18.7 Å². The number of hydrogen-bond acceptors (Lipinski definition) is 3. The van der Waals surface area contributed by atoms with Gasteiger partial charge in [-0.15, -0.1) is 0 Å². The molecule has 0 spiro atoms. The fraction of sp³-hybridized carbons (Fsp3) is 0.385. The topological polar surface area (TPSA) is 77.8 Å². The highest BCUT2D eigenvalue weighted by Gasteiger charge is 2.23. The van der Waals surface area contributed by atoms with Crippen molar-refractivity contribution in [3.63, 3.8) is 0 Å². The van der Waals surface area contributed by atoms with Gasteiger partial charge < -0.3 is 15.1 Å². The molecule has 0 bridgehead atoms. The third kappa shape index (κ3) is 2.68. The first-order chi connectivity index (χ1) is 8.58. The van der Waals surface area contributed by atoms with Crippen molar-refractivity contribution < 1.29 is 19.8 Å². The molecule has 1 atom stereocenters. The normalized spacial score (nSPS) is 19.6. The summed E-state index contributed by atoms with van der Waals surface area (Å²) < 4.78 is 0. The summed E-state index contributed by atoms with van der Waals surface area (Å²) in [5.74, 6) is -1.17. The van der Waals surface area contributed by atoms with Crippen molar-refractivity contribution in [2.24, 2.45) is 0 Å². The summed E-state index contributed by atoms with van der Waals surface area (Å²) in [6.07, 6.45) is 1.06. The summed E-state index contributed by atoms with van der Waals surface area (Å²) in [6.45, 7) is 0.982. The number of β-amino-alcohol motifs (C(OH)–C–C–N with tert-alkyl or cyclic N) is 1. The lowest BCUT2D eigenvalue weighted by atomic mass is 10.1. The van der Waals surface area contributed by atoms with E-state index in [1.54, 1.807) is 4.90 Å². The number of benzene rings is 1. The number of hydrogen-bond donors (Lipinski definition) is 2. The summed E-state index contributed by atoms with van der Waals surface area (Å²) >= 11 is 0. The number of aromatic carboxylic acids is 1. The van der Waals surface area contributed by atoms with E-state index in [0.717, 1.165) is 12.8 Å². The molecule has 0 aromatic heterocycles. The second-order valence-corrected chi connectivity index (χ2v) is 4.43. The molecule has 0 aliphatic carbocycles. The van der Waals surface area contributed by atoms with Crippen molar-refractivity contribution in [3.8, 4) is 0 Å². The smallest absolute Gasteiger partial charge is 0.335 e. The molecular weight excluding hydrogens is 234 g/mol. The third-order valence-corrected chi connectivity index (χ3v) is 3.06. The van der Waals surface area contributed by atoms with Gasteiger partial charge in [0.05, 0.1) is 11.7 Å². The molecule has 1 aromatic rings. The molecule has 1 fully saturated rings. The van der Waals surface area contributed by atoms with Crippen molar-refractivity contribution >= 4 is 11.9 Å². The number of amides is 1. The standard InChI is InChI=1S/C13H15NO4/c15-11-2-1-7-14(8-11)12(16)9-3-5-10(6-4-9)13(17)18/h3-6,11,15H,1-2,7-8H2,(H,17,18). The molecule has 96 valence electrons. The van der Waals surface area contributed by atoms with Crippen LogP contribution in [0.1, 0.15) is 33.6 Å². The van der Waals surface area contributed by atoms with Crippen molar-refractivity contribution in [2.45, 2.75) is 18.9 Å². The lowest BCUT2D eigenvalue weighted by Gasteiger charge is -2.30. The molecule has 18 heavy (non-hydrogen) atoms. The van der Waals surface area contributed by atoms with Crippen LogP contribution in [0.15, 0.2) is 24.3 Å². The van der Waals surface area contributed by atoms with Crippen LogP contribution in [0.4, 0.5) is 0 Å². The van der Waals surface area contributed by atoms with Gasteiger partial charge >= 0.3 is 5.97 Å². The number of likely N-dealkylation sites (tertiary alicyclic amines) is 1. The molecule has 1 amide bonds. The molecule has 0 radical (unpaired) electrons. The second kappa shape index (κ2) is 5.18. The minimum atomic E-state index is -1.01. The highest BCUT2D eigenvalue weighted by molar-refractivity contribution is 5.96. The number of carbonyl (C=O) groups excluding carboxylic acids is 1. The highest BCUT2D eigenvalue weighted by Crippen LogP contribution is 2.14. The molecule has 1 aromatic carbocycles. The van der Waals surface area contributed by atoms with Gasteiger partial charge in [-0.1, -0.05) is 0 Å². The Bertz CT molecular complexity index is 455. The predicted octanol–water partition coefficient (Wildman–Crippen LogP) is 0.982. The van der Waals surface area contributed by atoms with Crippen LogP contribution in [0.2, 0.25) is 0 Å². The first-order valence-electron chi connectivity index (χ1n) is 5.88. The van der Waals surface area contributed by atoms with Crippen LogP contribution in [0.3, 0.4) is 0 Å². The van der Waals surface area contributed by atoms with Gasteiger partial charge in [0.2, 0.25) is 0 Å². The average Bonchev–Trinajstić information content (AvgIpc) is 2.38. The maximum atomic E-state index is 12.1. The number of carboxylic acid groups (broad SMARTS) is 1. The number of carboxylic acids is 1. The van der Waals surface area contributed by atoms with Gasteiger partial charge in [0.1, 0.15) is 0 Å². The van der Waals surface area contributed by atoms with Crippen molar-refractivity contribution in [1.29, 1.82) is 0 Å². The first-order valence-corrected chi connectivity index (χ1v) is 5.88. The van der Waals surface area contributed by atoms with Crippen LogP contribution in [-0.2, 0) is 0 Å². The van der Waals surface area contributed by atoms with Crippen LogP contribution >= 0.6 is 0 Å². The molecule has 5 nitrogen and oxygen atoms in total. The monoisotopic (exact) mass is 249 g/mol. The Balaban J connectivity index is 2.10. The highest BCUT2D eigenvalue weighted by atomic mass is 16.4. The molecule has 2 rings (SSSR count). The van der Waals surface area contributed by atoms with Gasteiger partial charge in [0.25, 0.3) is 5.91 Å². The largest absolute Gasteiger partial charge is 0.478 e. The van der Waals surface area contributed by atoms with Gasteiger partial charge in [-0.05, 0) is 37.1 Å². The first kappa shape index (κ1) is 12.6. The molecule has 1 unspecified atom stereocenters. The van der Waals surface area contributed by atoms with E-state index in [4.69, 9.17) is 5.11 Å². The summed E-state index contributed by atoms with van der Waals surface area (Å²) in [4.78, 5) is 24.4. The Morgan fingerprint density at radius 1 is 1.17 bits per heavy atom. The fourth-order valence-electron chi connectivity index (χ4n) is 2.08. The van der Waals surface area contributed by atoms with Crippen molar-refractivity contribution in [1.82, 2.24) is 4.90 Å². The Morgan fingerprint density at radius 2 is 1.78 bits per heavy atom. The minimum Gasteiger partial charge on any atom is -0.478 e. The summed E-state index contributed by atoms with van der Waals surface area (Å²) in [7, 11) is 0. The molecule has 2 N–H and O–H groups in total. The van der Waals surface area contributed by atoms with Gasteiger partial charge in [-0.25, -0.2) is 4.79 Å². The van der Waals surface area contributed by atoms with Gasteiger partial charge in [-0.3, -0.25) is 4.79 Å². The van der Waals surface area contributed by atoms with Crippen LogP contribution in [-0.4, -0.2) is 46.2 Å². The summed E-state index contributed by atoms with van der Waals surface area (Å²) in [5, 5.41) is 18.3. The van der Waals surface area contributed by atoms with E-state index in [1.165, 1.54) is 24.3 Å². The minimum absolute atomic E-state index is 0.158. The Kier molecular flexibility index (Phi) is 3.62. The third-order valence-electron chi connectivity index (χ3n) is 3.06. The summed E-state index contributed by atoms with van der Waals surface area (Å²) in [6, 6.07) is 5.84. The Hall–Kier alpha value is -1.88. The quantitative estimate of drug-likeness (QED) is 0.819. The number of rotatable bonds is 2. The van der Waals surface area contributed by atoms with E-state index in [-0.39, 0.29) is 11.5 Å². The second-order valence-electron chi connectivity index (χ2n) is 4.43. The molecule has 1 aliphatic heterocycles. The number of carbonyl (C=O) groups is 2. The number of aliphatic hydroxyl groups is 1. The fourth-order valence-corrected chi connectivity index (χ4v) is 2.08. The Labute approximate surface area is 105 Å². The average molecular weight is 249 g/mol. The van der Waals surface area contributed by atoms with Gasteiger partial charge in [-0.2, -0.15) is 0 Å². The van der Waals surface area contributed by atoms with E-state index in [2.05, 4.69) is 0 Å². The molecule has 5 heteroatoms.